The lowest BCUT2D eigenvalue weighted by molar-refractivity contribution is 0.628. The molecule has 0 aliphatic heterocycles. The number of aromatic amines is 1. The Balaban J connectivity index is 2.02. The van der Waals surface area contributed by atoms with Crippen molar-refractivity contribution in [2.45, 2.75) is 0 Å². The molecule has 1 aromatic carbocycles. The van der Waals surface area contributed by atoms with Crippen LogP contribution in [0.15, 0.2) is 59.5 Å². The van der Waals surface area contributed by atoms with Gasteiger partial charge in [0.1, 0.15) is 17.2 Å². The van der Waals surface area contributed by atoms with Crippen molar-refractivity contribution in [2.75, 3.05) is 12.4 Å². The smallest absolute Gasteiger partial charge is 0.249 e. The number of fused-ring (bicyclic) bond motifs is 1. The van der Waals surface area contributed by atoms with Crippen LogP contribution in [-0.2, 0) is 0 Å². The molecule has 0 fully saturated rings. The highest BCUT2D eigenvalue weighted by atomic mass is 19.1. The molecule has 7 heteroatoms. The summed E-state index contributed by atoms with van der Waals surface area (Å²) >= 11 is 0. The monoisotopic (exact) mass is 347 g/mol. The van der Waals surface area contributed by atoms with Crippen molar-refractivity contribution < 1.29 is 4.39 Å². The molecule has 4 rings (SSSR count). The lowest BCUT2D eigenvalue weighted by Gasteiger charge is -2.11. The number of pyridine rings is 2. The maximum atomic E-state index is 13.3. The molecule has 2 N–H and O–H groups in total. The molecule has 0 saturated carbocycles. The third-order valence-corrected chi connectivity index (χ3v) is 3.96. The molecule has 4 aromatic rings. The Hall–Kier alpha value is -3.61. The molecule has 0 radical (unpaired) electrons. The lowest BCUT2D eigenvalue weighted by Crippen LogP contribution is -2.06. The largest absolute Gasteiger partial charge is 0.373 e. The maximum Gasteiger partial charge on any atom is 0.249 e. The summed E-state index contributed by atoms with van der Waals surface area (Å²) in [5.41, 5.74) is 3.36. The highest BCUT2D eigenvalue weighted by Crippen LogP contribution is 2.31. The molecule has 0 saturated heterocycles. The van der Waals surface area contributed by atoms with Crippen molar-refractivity contribution in [1.82, 2.24) is 19.9 Å². The van der Waals surface area contributed by atoms with Crippen LogP contribution >= 0.6 is 0 Å². The van der Waals surface area contributed by atoms with Gasteiger partial charge in [0.25, 0.3) is 0 Å². The van der Waals surface area contributed by atoms with Gasteiger partial charge in [0.05, 0.1) is 11.4 Å². The molecule has 0 bridgehead atoms. The molecule has 0 spiro atoms. The van der Waals surface area contributed by atoms with Gasteiger partial charge < -0.3 is 10.3 Å². The van der Waals surface area contributed by atoms with Crippen molar-refractivity contribution in [2.24, 2.45) is 0 Å². The number of H-pyrrole nitrogens is 1. The van der Waals surface area contributed by atoms with E-state index < -0.39 is 0 Å². The van der Waals surface area contributed by atoms with E-state index in [0.29, 0.717) is 33.9 Å². The molecular formula is C19H14FN5O. The summed E-state index contributed by atoms with van der Waals surface area (Å²) in [6.45, 7) is 0. The molecule has 0 aliphatic rings. The van der Waals surface area contributed by atoms with Gasteiger partial charge in [0, 0.05) is 30.4 Å². The number of nitrogens with zero attached hydrogens (tertiary/aromatic N) is 3. The normalized spacial score (nSPS) is 10.8. The van der Waals surface area contributed by atoms with Crippen molar-refractivity contribution in [3.05, 3.63) is 70.9 Å². The van der Waals surface area contributed by atoms with Gasteiger partial charge in [0.15, 0.2) is 5.65 Å². The Bertz CT molecular complexity index is 1150. The molecule has 0 amide bonds. The summed E-state index contributed by atoms with van der Waals surface area (Å²) in [5, 5.41) is 2.99. The molecule has 0 atom stereocenters. The number of benzene rings is 1. The summed E-state index contributed by atoms with van der Waals surface area (Å²) in [7, 11) is 1.78. The summed E-state index contributed by atoms with van der Waals surface area (Å²) < 4.78 is 13.3. The second-order valence-corrected chi connectivity index (χ2v) is 5.66. The molecule has 26 heavy (non-hydrogen) atoms. The van der Waals surface area contributed by atoms with E-state index in [9.17, 15) is 9.18 Å². The van der Waals surface area contributed by atoms with E-state index in [-0.39, 0.29) is 11.4 Å². The molecular weight excluding hydrogens is 333 g/mol. The van der Waals surface area contributed by atoms with Gasteiger partial charge in [-0.25, -0.2) is 19.3 Å². The minimum atomic E-state index is -0.334. The third-order valence-electron chi connectivity index (χ3n) is 3.96. The van der Waals surface area contributed by atoms with Crippen molar-refractivity contribution >= 4 is 17.0 Å². The van der Waals surface area contributed by atoms with Crippen LogP contribution in [-0.4, -0.2) is 27.0 Å². The summed E-state index contributed by atoms with van der Waals surface area (Å²) in [6.07, 6.45) is 1.67. The number of hydrogen-bond donors (Lipinski definition) is 2. The number of aromatic nitrogens is 4. The standard InChI is InChI=1S/C19H14FN5O/c1-21-15-10-12(8-9-22-15)18-17(11-2-4-13(20)5-3-11)25-19-14(23-18)6-7-16(26)24-19/h2-10H,1H3,(H,21,22)(H,24,25,26). The Morgan fingerprint density at radius 3 is 2.50 bits per heavy atom. The fourth-order valence-corrected chi connectivity index (χ4v) is 2.69. The van der Waals surface area contributed by atoms with E-state index in [2.05, 4.69) is 25.3 Å². The molecule has 6 nitrogen and oxygen atoms in total. The lowest BCUT2D eigenvalue weighted by atomic mass is 10.0. The zero-order valence-corrected chi connectivity index (χ0v) is 13.8. The Kier molecular flexibility index (Phi) is 3.89. The minimum absolute atomic E-state index is 0.258. The van der Waals surface area contributed by atoms with Gasteiger partial charge >= 0.3 is 0 Å². The van der Waals surface area contributed by atoms with Gasteiger partial charge in [-0.05, 0) is 42.5 Å². The van der Waals surface area contributed by atoms with E-state index in [0.717, 1.165) is 5.56 Å². The van der Waals surface area contributed by atoms with Gasteiger partial charge in [-0.2, -0.15) is 0 Å². The SMILES string of the molecule is CNc1cc(-c2nc3ccc(=O)[nH]c3nc2-c2ccc(F)cc2)ccn1. The third kappa shape index (κ3) is 2.90. The fourth-order valence-electron chi connectivity index (χ4n) is 2.69. The van der Waals surface area contributed by atoms with Gasteiger partial charge in [0.2, 0.25) is 5.56 Å². The van der Waals surface area contributed by atoms with E-state index >= 15 is 0 Å². The zero-order valence-electron chi connectivity index (χ0n) is 13.8. The van der Waals surface area contributed by atoms with Crippen LogP contribution in [0.2, 0.25) is 0 Å². The van der Waals surface area contributed by atoms with Crippen molar-refractivity contribution in [1.29, 1.82) is 0 Å². The minimum Gasteiger partial charge on any atom is -0.373 e. The van der Waals surface area contributed by atoms with Crippen LogP contribution in [0.3, 0.4) is 0 Å². The van der Waals surface area contributed by atoms with E-state index in [1.54, 1.807) is 31.4 Å². The Labute approximate surface area is 147 Å². The molecule has 0 aliphatic carbocycles. The number of rotatable bonds is 3. The molecule has 128 valence electrons. The number of hydrogen-bond acceptors (Lipinski definition) is 5. The van der Waals surface area contributed by atoms with Crippen LogP contribution in [0.25, 0.3) is 33.7 Å². The number of nitrogens with one attached hydrogen (secondary N) is 2. The number of anilines is 1. The average Bonchev–Trinajstić information content (AvgIpc) is 2.67. The van der Waals surface area contributed by atoms with Gasteiger partial charge in [-0.1, -0.05) is 0 Å². The highest BCUT2D eigenvalue weighted by molar-refractivity contribution is 5.85. The first kappa shape index (κ1) is 15.9. The number of halogens is 1. The van der Waals surface area contributed by atoms with Crippen molar-refractivity contribution in [3.63, 3.8) is 0 Å². The fraction of sp³-hybridized carbons (Fsp3) is 0.0526. The van der Waals surface area contributed by atoms with E-state index in [1.165, 1.54) is 18.2 Å². The maximum absolute atomic E-state index is 13.3. The topological polar surface area (TPSA) is 83.6 Å². The first-order chi connectivity index (χ1) is 12.6. The first-order valence-electron chi connectivity index (χ1n) is 7.95. The summed E-state index contributed by atoms with van der Waals surface area (Å²) in [4.78, 5) is 27.8. The molecule has 3 heterocycles. The first-order valence-corrected chi connectivity index (χ1v) is 7.95. The predicted molar refractivity (Wildman–Crippen MR) is 98.3 cm³/mol. The van der Waals surface area contributed by atoms with Crippen LogP contribution in [0, 0.1) is 5.82 Å². The quantitative estimate of drug-likeness (QED) is 0.594. The van der Waals surface area contributed by atoms with E-state index in [1.807, 2.05) is 12.1 Å². The van der Waals surface area contributed by atoms with Crippen LogP contribution in [0.5, 0.6) is 0 Å². The van der Waals surface area contributed by atoms with Crippen molar-refractivity contribution in [3.8, 4) is 22.5 Å². The predicted octanol–water partition coefficient (Wildman–Crippen LogP) is 3.23. The molecule has 0 unspecified atom stereocenters. The van der Waals surface area contributed by atoms with E-state index in [4.69, 9.17) is 0 Å². The zero-order chi connectivity index (χ0) is 18.1. The van der Waals surface area contributed by atoms with Gasteiger partial charge in [-0.3, -0.25) is 4.79 Å². The second-order valence-electron chi connectivity index (χ2n) is 5.66. The Morgan fingerprint density at radius 2 is 1.73 bits per heavy atom. The Morgan fingerprint density at radius 1 is 0.962 bits per heavy atom. The summed E-state index contributed by atoms with van der Waals surface area (Å²) in [5.74, 6) is 0.356. The van der Waals surface area contributed by atoms with Crippen LogP contribution < -0.4 is 10.9 Å². The van der Waals surface area contributed by atoms with Crippen LogP contribution in [0.1, 0.15) is 0 Å². The highest BCUT2D eigenvalue weighted by Gasteiger charge is 2.14. The average molecular weight is 347 g/mol. The second kappa shape index (κ2) is 6.36. The van der Waals surface area contributed by atoms with Gasteiger partial charge in [-0.15, -0.1) is 0 Å². The molecule has 3 aromatic heterocycles. The van der Waals surface area contributed by atoms with Crippen LogP contribution in [0.4, 0.5) is 10.2 Å². The summed E-state index contributed by atoms with van der Waals surface area (Å²) in [6, 6.07) is 12.7.